The Morgan fingerprint density at radius 3 is 2.90 bits per heavy atom. The number of thiophene rings is 1. The largest absolute Gasteiger partial charge is 0.122 e. The lowest BCUT2D eigenvalue weighted by Gasteiger charge is -1.87. The van der Waals surface area contributed by atoms with Gasteiger partial charge in [0.05, 0.1) is 6.67 Å². The van der Waals surface area contributed by atoms with E-state index in [2.05, 4.69) is 51.2 Å². The molecule has 1 aromatic rings. The Labute approximate surface area is 86.6 Å². The van der Waals surface area contributed by atoms with Crippen molar-refractivity contribution in [2.75, 3.05) is 0 Å². The quantitative estimate of drug-likeness (QED) is 0.571. The molecule has 0 aliphatic carbocycles. The third kappa shape index (κ3) is 2.07. The van der Waals surface area contributed by atoms with Gasteiger partial charge < -0.3 is 0 Å². The Balaban J connectivity index is 2.91. The van der Waals surface area contributed by atoms with E-state index in [0.29, 0.717) is 0 Å². The molecule has 0 aliphatic rings. The van der Waals surface area contributed by atoms with Crippen molar-refractivity contribution >= 4 is 49.9 Å². The van der Waals surface area contributed by atoms with Crippen molar-refractivity contribution in [2.45, 2.75) is 6.42 Å². The van der Waals surface area contributed by atoms with E-state index in [-0.39, 0.29) is 0 Å². The number of rotatable bonds is 2. The average molecular weight is 329 g/mol. The normalized spacial score (nSPS) is 9.80. The molecule has 0 nitrogen and oxygen atoms in total. The number of halogens is 2. The highest BCUT2D eigenvalue weighted by Gasteiger charge is 2.01. The van der Waals surface area contributed by atoms with Gasteiger partial charge in [-0.25, -0.2) is 0 Å². The molecule has 0 bridgehead atoms. The van der Waals surface area contributed by atoms with Crippen LogP contribution in [0.5, 0.6) is 0 Å². The Kier molecular flexibility index (Phi) is 3.39. The molecular weight excluding hydrogens is 323 g/mol. The number of hydrogen-bond donors (Lipinski definition) is 0. The standard InChI is InChI=1S/C7H6BrIS/c1-2-3-5-4-6(9)10-7(5)8/h2,4H,1,3H2. The predicted molar refractivity (Wildman–Crippen MR) is 58.6 cm³/mol. The van der Waals surface area contributed by atoms with Gasteiger partial charge in [-0.1, -0.05) is 6.08 Å². The molecule has 3 heteroatoms. The highest BCUT2D eigenvalue weighted by atomic mass is 127. The second-order valence-corrected chi connectivity index (χ2v) is 6.11. The van der Waals surface area contributed by atoms with Gasteiger partial charge in [0.1, 0.15) is 0 Å². The van der Waals surface area contributed by atoms with Gasteiger partial charge in [0.2, 0.25) is 0 Å². The minimum atomic E-state index is 0.958. The van der Waals surface area contributed by atoms with Crippen LogP contribution in [0, 0.1) is 2.88 Å². The van der Waals surface area contributed by atoms with Crippen molar-refractivity contribution in [1.29, 1.82) is 0 Å². The van der Waals surface area contributed by atoms with E-state index in [1.54, 1.807) is 11.3 Å². The Bertz CT molecular complexity index is 242. The van der Waals surface area contributed by atoms with Crippen LogP contribution in [0.4, 0.5) is 0 Å². The Morgan fingerprint density at radius 1 is 1.80 bits per heavy atom. The van der Waals surface area contributed by atoms with Crippen LogP contribution in [-0.4, -0.2) is 0 Å². The fraction of sp³-hybridized carbons (Fsp3) is 0.143. The SMILES string of the molecule is C=CCc1cc(I)sc1Br. The van der Waals surface area contributed by atoms with Crippen molar-refractivity contribution in [3.05, 3.63) is 31.0 Å². The van der Waals surface area contributed by atoms with Gasteiger partial charge in [-0.05, 0) is 56.6 Å². The molecule has 1 rings (SSSR count). The zero-order chi connectivity index (χ0) is 7.56. The summed E-state index contributed by atoms with van der Waals surface area (Å²) in [7, 11) is 0. The fourth-order valence-electron chi connectivity index (χ4n) is 0.669. The summed E-state index contributed by atoms with van der Waals surface area (Å²) in [5.74, 6) is 0. The summed E-state index contributed by atoms with van der Waals surface area (Å²) >= 11 is 7.57. The molecule has 0 amide bonds. The lowest BCUT2D eigenvalue weighted by atomic mass is 10.2. The summed E-state index contributed by atoms with van der Waals surface area (Å²) in [5.41, 5.74) is 1.34. The van der Waals surface area contributed by atoms with Gasteiger partial charge in [-0.15, -0.1) is 17.9 Å². The highest BCUT2D eigenvalue weighted by Crippen LogP contribution is 2.29. The van der Waals surface area contributed by atoms with Crippen LogP contribution in [0.15, 0.2) is 22.5 Å². The van der Waals surface area contributed by atoms with Crippen molar-refractivity contribution in [1.82, 2.24) is 0 Å². The van der Waals surface area contributed by atoms with Crippen LogP contribution in [0.3, 0.4) is 0 Å². The average Bonchev–Trinajstić information content (AvgIpc) is 2.13. The minimum absolute atomic E-state index is 0.958. The first-order valence-corrected chi connectivity index (χ1v) is 5.47. The zero-order valence-electron chi connectivity index (χ0n) is 5.23. The maximum absolute atomic E-state index is 3.69. The smallest absolute Gasteiger partial charge is 0.0744 e. The molecule has 0 aromatic carbocycles. The molecule has 0 N–H and O–H groups in total. The van der Waals surface area contributed by atoms with E-state index in [0.717, 1.165) is 6.42 Å². The molecule has 54 valence electrons. The second-order valence-electron chi connectivity index (χ2n) is 1.84. The molecule has 1 aromatic heterocycles. The van der Waals surface area contributed by atoms with E-state index in [4.69, 9.17) is 0 Å². The molecule has 0 atom stereocenters. The van der Waals surface area contributed by atoms with E-state index in [1.807, 2.05) is 6.08 Å². The summed E-state index contributed by atoms with van der Waals surface area (Å²) in [4.78, 5) is 0. The summed E-state index contributed by atoms with van der Waals surface area (Å²) < 4.78 is 2.55. The number of hydrogen-bond acceptors (Lipinski definition) is 1. The van der Waals surface area contributed by atoms with Crippen LogP contribution in [0.1, 0.15) is 5.56 Å². The Hall–Kier alpha value is 0.650. The third-order valence-electron chi connectivity index (χ3n) is 1.09. The first kappa shape index (κ1) is 8.74. The van der Waals surface area contributed by atoms with Crippen LogP contribution in [-0.2, 0) is 6.42 Å². The summed E-state index contributed by atoms with van der Waals surface area (Å²) in [6.45, 7) is 3.69. The molecular formula is C7H6BrIS. The van der Waals surface area contributed by atoms with Crippen molar-refractivity contribution in [3.8, 4) is 0 Å². The molecule has 10 heavy (non-hydrogen) atoms. The molecule has 0 fully saturated rings. The second kappa shape index (κ2) is 3.88. The summed E-state index contributed by atoms with van der Waals surface area (Å²) in [6.07, 6.45) is 2.88. The van der Waals surface area contributed by atoms with Gasteiger partial charge in [0.25, 0.3) is 0 Å². The third-order valence-corrected chi connectivity index (χ3v) is 3.81. The van der Waals surface area contributed by atoms with Gasteiger partial charge >= 0.3 is 0 Å². The van der Waals surface area contributed by atoms with Crippen molar-refractivity contribution in [3.63, 3.8) is 0 Å². The summed E-state index contributed by atoms with van der Waals surface area (Å²) in [5, 5.41) is 0. The van der Waals surface area contributed by atoms with Crippen LogP contribution >= 0.6 is 49.9 Å². The predicted octanol–water partition coefficient (Wildman–Crippen LogP) is 3.84. The van der Waals surface area contributed by atoms with Crippen LogP contribution in [0.25, 0.3) is 0 Å². The zero-order valence-corrected chi connectivity index (χ0v) is 9.79. The first-order valence-electron chi connectivity index (χ1n) is 2.78. The number of allylic oxidation sites excluding steroid dienone is 1. The minimum Gasteiger partial charge on any atom is -0.122 e. The van der Waals surface area contributed by atoms with Gasteiger partial charge in [-0.3, -0.25) is 0 Å². The Morgan fingerprint density at radius 2 is 2.50 bits per heavy atom. The van der Waals surface area contributed by atoms with Crippen molar-refractivity contribution < 1.29 is 0 Å². The maximum Gasteiger partial charge on any atom is 0.0744 e. The van der Waals surface area contributed by atoms with E-state index in [1.165, 1.54) is 12.2 Å². The van der Waals surface area contributed by atoms with Gasteiger partial charge in [-0.2, -0.15) is 0 Å². The fourth-order valence-corrected chi connectivity index (χ4v) is 4.06. The molecule has 0 saturated heterocycles. The maximum atomic E-state index is 3.69. The monoisotopic (exact) mass is 328 g/mol. The van der Waals surface area contributed by atoms with Crippen molar-refractivity contribution in [2.24, 2.45) is 0 Å². The molecule has 0 saturated carbocycles. The molecule has 0 radical (unpaired) electrons. The van der Waals surface area contributed by atoms with E-state index < -0.39 is 0 Å². The molecule has 0 unspecified atom stereocenters. The molecule has 1 heterocycles. The molecule has 0 aliphatic heterocycles. The van der Waals surface area contributed by atoms with Crippen LogP contribution < -0.4 is 0 Å². The highest BCUT2D eigenvalue weighted by molar-refractivity contribution is 14.1. The van der Waals surface area contributed by atoms with Crippen LogP contribution in [0.2, 0.25) is 0 Å². The van der Waals surface area contributed by atoms with E-state index in [9.17, 15) is 0 Å². The lowest BCUT2D eigenvalue weighted by Crippen LogP contribution is -1.73. The first-order chi connectivity index (χ1) is 4.74. The van der Waals surface area contributed by atoms with Gasteiger partial charge in [0.15, 0.2) is 0 Å². The van der Waals surface area contributed by atoms with Gasteiger partial charge in [0, 0.05) is 0 Å². The summed E-state index contributed by atoms with van der Waals surface area (Å²) in [6, 6.07) is 2.18. The lowest BCUT2D eigenvalue weighted by molar-refractivity contribution is 1.29. The topological polar surface area (TPSA) is 0 Å². The molecule has 0 spiro atoms. The van der Waals surface area contributed by atoms with E-state index >= 15 is 0 Å².